The number of nitrogens with two attached hydrogens (primary N) is 2. The van der Waals surface area contributed by atoms with Gasteiger partial charge in [0.1, 0.15) is 5.82 Å². The number of hydrogen-bond acceptors (Lipinski definition) is 7. The van der Waals surface area contributed by atoms with E-state index in [4.69, 9.17) is 21.4 Å². The van der Waals surface area contributed by atoms with Crippen molar-refractivity contribution >= 4 is 33.1 Å². The second kappa shape index (κ2) is 10.3. The van der Waals surface area contributed by atoms with Crippen LogP contribution in [0.2, 0.25) is 0 Å². The lowest BCUT2D eigenvalue weighted by Crippen LogP contribution is -2.31. The zero-order chi connectivity index (χ0) is 26.0. The number of fused-ring (bicyclic) bond motifs is 1. The molecule has 7 heteroatoms. The lowest BCUT2D eigenvalue weighted by molar-refractivity contribution is 0.605. The van der Waals surface area contributed by atoms with Crippen molar-refractivity contribution in [3.05, 3.63) is 89.6 Å². The zero-order valence-corrected chi connectivity index (χ0v) is 22.2. The van der Waals surface area contributed by atoms with Crippen LogP contribution in [0.3, 0.4) is 0 Å². The molecule has 0 aliphatic heterocycles. The van der Waals surface area contributed by atoms with E-state index in [-0.39, 0.29) is 11.5 Å². The first-order chi connectivity index (χ1) is 17.8. The maximum Gasteiger partial charge on any atom is 0.162 e. The second-order valence-electron chi connectivity index (χ2n) is 10.3. The fourth-order valence-corrected chi connectivity index (χ4v) is 5.72. The van der Waals surface area contributed by atoms with Crippen LogP contribution in [0.1, 0.15) is 31.2 Å². The first kappa shape index (κ1) is 24.9. The predicted molar refractivity (Wildman–Crippen MR) is 156 cm³/mol. The lowest BCUT2D eigenvalue weighted by Gasteiger charge is -2.19. The number of aromatic nitrogens is 3. The fraction of sp³-hybridized carbons (Fsp3) is 0.233. The van der Waals surface area contributed by atoms with E-state index in [1.807, 2.05) is 48.5 Å². The number of nitrogens with zero attached hydrogens (tertiary/aromatic N) is 3. The summed E-state index contributed by atoms with van der Waals surface area (Å²) in [4.78, 5) is 15.5. The Bertz CT molecular complexity index is 1510. The van der Waals surface area contributed by atoms with Crippen LogP contribution in [0.25, 0.3) is 32.7 Å². The smallest absolute Gasteiger partial charge is 0.162 e. The summed E-state index contributed by atoms with van der Waals surface area (Å²) in [6.45, 7) is 7.28. The van der Waals surface area contributed by atoms with Crippen molar-refractivity contribution in [1.29, 1.82) is 0 Å². The van der Waals surface area contributed by atoms with E-state index in [0.717, 1.165) is 44.8 Å². The van der Waals surface area contributed by atoms with Gasteiger partial charge in [0, 0.05) is 46.7 Å². The average molecular weight is 509 g/mol. The van der Waals surface area contributed by atoms with Gasteiger partial charge in [0.2, 0.25) is 0 Å². The van der Waals surface area contributed by atoms with Crippen molar-refractivity contribution in [2.45, 2.75) is 38.6 Å². The van der Waals surface area contributed by atoms with Crippen molar-refractivity contribution < 1.29 is 0 Å². The molecule has 0 aliphatic rings. The Labute approximate surface area is 221 Å². The van der Waals surface area contributed by atoms with Gasteiger partial charge in [-0.2, -0.15) is 0 Å². The van der Waals surface area contributed by atoms with Crippen LogP contribution >= 0.6 is 11.3 Å². The Kier molecular flexibility index (Phi) is 6.91. The second-order valence-corrected chi connectivity index (χ2v) is 11.3. The normalized spacial score (nSPS) is 12.5. The van der Waals surface area contributed by atoms with E-state index in [1.165, 1.54) is 10.4 Å². The molecule has 2 aromatic carbocycles. The van der Waals surface area contributed by atoms with E-state index in [0.29, 0.717) is 12.4 Å². The molecule has 188 valence electrons. The summed E-state index contributed by atoms with van der Waals surface area (Å²) in [6.07, 6.45) is 4.31. The van der Waals surface area contributed by atoms with E-state index in [9.17, 15) is 0 Å². The molecule has 0 aliphatic carbocycles. The summed E-state index contributed by atoms with van der Waals surface area (Å²) in [5, 5.41) is 3.57. The van der Waals surface area contributed by atoms with Crippen molar-refractivity contribution in [3.63, 3.8) is 0 Å². The van der Waals surface area contributed by atoms with E-state index < -0.39 is 0 Å². The molecule has 0 fully saturated rings. The Balaban J connectivity index is 1.63. The third-order valence-corrected chi connectivity index (χ3v) is 7.81. The Hall–Kier alpha value is -3.81. The Morgan fingerprint density at radius 1 is 0.919 bits per heavy atom. The Morgan fingerprint density at radius 3 is 2.38 bits per heavy atom. The van der Waals surface area contributed by atoms with Gasteiger partial charge in [-0.15, -0.1) is 11.3 Å². The van der Waals surface area contributed by atoms with Crippen LogP contribution < -0.4 is 16.8 Å². The minimum absolute atomic E-state index is 0.0627. The highest BCUT2D eigenvalue weighted by Gasteiger charge is 2.27. The molecule has 6 nitrogen and oxygen atoms in total. The van der Waals surface area contributed by atoms with Crippen molar-refractivity contribution in [2.24, 2.45) is 5.73 Å². The van der Waals surface area contributed by atoms with Crippen molar-refractivity contribution in [2.75, 3.05) is 17.6 Å². The van der Waals surface area contributed by atoms with E-state index in [1.54, 1.807) is 23.7 Å². The quantitative estimate of drug-likeness (QED) is 0.224. The predicted octanol–water partition coefficient (Wildman–Crippen LogP) is 6.28. The van der Waals surface area contributed by atoms with Crippen LogP contribution in [-0.4, -0.2) is 27.5 Å². The number of nitrogens with one attached hydrogen (secondary N) is 1. The van der Waals surface area contributed by atoms with Crippen LogP contribution in [0.5, 0.6) is 0 Å². The van der Waals surface area contributed by atoms with Gasteiger partial charge in [-0.05, 0) is 47.2 Å². The topological polar surface area (TPSA) is 103 Å². The van der Waals surface area contributed by atoms with E-state index in [2.05, 4.69) is 49.3 Å². The highest BCUT2D eigenvalue weighted by atomic mass is 32.1. The number of benzene rings is 2. The van der Waals surface area contributed by atoms with Crippen molar-refractivity contribution in [1.82, 2.24) is 15.0 Å². The molecule has 3 aromatic heterocycles. The van der Waals surface area contributed by atoms with Crippen LogP contribution in [-0.2, 0) is 11.8 Å². The SMILES string of the molecule is CC(C)(C)c1sc2c(NCC(N)Cc3ccccc3)nc(-c3ccncc3)nc2c1-c1cccc(N)c1. The minimum atomic E-state index is -0.0941. The van der Waals surface area contributed by atoms with E-state index >= 15 is 0 Å². The first-order valence-electron chi connectivity index (χ1n) is 12.4. The number of hydrogen-bond donors (Lipinski definition) is 3. The number of anilines is 2. The van der Waals surface area contributed by atoms with Gasteiger partial charge >= 0.3 is 0 Å². The average Bonchev–Trinajstić information content (AvgIpc) is 3.29. The van der Waals surface area contributed by atoms with Gasteiger partial charge in [-0.1, -0.05) is 63.2 Å². The molecule has 5 aromatic rings. The zero-order valence-electron chi connectivity index (χ0n) is 21.4. The summed E-state index contributed by atoms with van der Waals surface area (Å²) < 4.78 is 1.02. The molecule has 37 heavy (non-hydrogen) atoms. The summed E-state index contributed by atoms with van der Waals surface area (Å²) in [5.41, 5.74) is 18.6. The lowest BCUT2D eigenvalue weighted by atomic mass is 9.89. The molecule has 1 atom stereocenters. The summed E-state index contributed by atoms with van der Waals surface area (Å²) >= 11 is 1.74. The highest BCUT2D eigenvalue weighted by molar-refractivity contribution is 7.20. The van der Waals surface area contributed by atoms with Gasteiger partial charge in [-0.3, -0.25) is 4.98 Å². The molecule has 5 rings (SSSR count). The summed E-state index contributed by atoms with van der Waals surface area (Å²) in [5.74, 6) is 1.45. The van der Waals surface area contributed by atoms with Crippen LogP contribution in [0, 0.1) is 0 Å². The minimum Gasteiger partial charge on any atom is -0.399 e. The van der Waals surface area contributed by atoms with Gasteiger partial charge in [0.15, 0.2) is 5.82 Å². The van der Waals surface area contributed by atoms with Gasteiger partial charge in [0.25, 0.3) is 0 Å². The molecular weight excluding hydrogens is 476 g/mol. The van der Waals surface area contributed by atoms with Crippen LogP contribution in [0.4, 0.5) is 11.5 Å². The third kappa shape index (κ3) is 5.48. The molecule has 3 heterocycles. The highest BCUT2D eigenvalue weighted by Crippen LogP contribution is 2.46. The number of rotatable bonds is 7. The number of thiophene rings is 1. The molecule has 0 bridgehead atoms. The molecule has 5 N–H and O–H groups in total. The summed E-state index contributed by atoms with van der Waals surface area (Å²) in [7, 11) is 0. The first-order valence-corrected chi connectivity index (χ1v) is 13.3. The fourth-order valence-electron chi connectivity index (χ4n) is 4.43. The number of pyridine rings is 1. The number of nitrogen functional groups attached to an aromatic ring is 1. The third-order valence-electron chi connectivity index (χ3n) is 6.20. The maximum absolute atomic E-state index is 6.53. The summed E-state index contributed by atoms with van der Waals surface area (Å²) in [6, 6.07) is 22.2. The molecule has 0 radical (unpaired) electrons. The molecule has 0 saturated carbocycles. The molecular formula is C30H32N6S. The van der Waals surface area contributed by atoms with Crippen LogP contribution in [0.15, 0.2) is 79.1 Å². The Morgan fingerprint density at radius 2 is 1.68 bits per heavy atom. The van der Waals surface area contributed by atoms with Gasteiger partial charge < -0.3 is 16.8 Å². The van der Waals surface area contributed by atoms with Gasteiger partial charge in [0.05, 0.1) is 10.2 Å². The monoisotopic (exact) mass is 508 g/mol. The van der Waals surface area contributed by atoms with Gasteiger partial charge in [-0.25, -0.2) is 9.97 Å². The maximum atomic E-state index is 6.53. The molecule has 0 spiro atoms. The molecule has 1 unspecified atom stereocenters. The molecule has 0 amide bonds. The largest absolute Gasteiger partial charge is 0.399 e. The standard InChI is InChI=1S/C30H32N6S/c1-30(2,3)27-24(21-10-7-11-22(31)17-21)25-26(37-27)29(36-28(35-25)20-12-14-33-15-13-20)34-18-23(32)16-19-8-5-4-6-9-19/h4-15,17,23H,16,18,31-32H2,1-3H3,(H,34,35,36). The molecule has 0 saturated heterocycles. The van der Waals surface area contributed by atoms with Crippen molar-refractivity contribution in [3.8, 4) is 22.5 Å².